The zero-order valence-corrected chi connectivity index (χ0v) is 16.0. The molecule has 1 fully saturated rings. The van der Waals surface area contributed by atoms with Gasteiger partial charge in [-0.15, -0.1) is 0 Å². The maximum atomic E-state index is 12.3. The van der Waals surface area contributed by atoms with Crippen molar-refractivity contribution in [1.29, 1.82) is 0 Å². The molecule has 1 aliphatic rings. The molecular weight excluding hydrogens is 374 g/mol. The Labute approximate surface area is 167 Å². The van der Waals surface area contributed by atoms with Crippen LogP contribution in [0, 0.1) is 0 Å². The lowest BCUT2D eigenvalue weighted by Crippen LogP contribution is -2.46. The highest BCUT2D eigenvalue weighted by Gasteiger charge is 2.25. The molecule has 1 saturated heterocycles. The second-order valence-corrected chi connectivity index (χ2v) is 7.24. The molecule has 0 atom stereocenters. The van der Waals surface area contributed by atoms with Crippen LogP contribution < -0.4 is 11.1 Å². The number of carbonyl (C=O) groups is 2. The molecule has 8 nitrogen and oxygen atoms in total. The van der Waals surface area contributed by atoms with Gasteiger partial charge in [-0.2, -0.15) is 0 Å². The zero-order chi connectivity index (χ0) is 20.2. The average Bonchev–Trinajstić information content (AvgIpc) is 3.36. The quantitative estimate of drug-likeness (QED) is 0.689. The topological polar surface area (TPSA) is 97.7 Å². The number of fused-ring (bicyclic) bond motifs is 1. The second kappa shape index (κ2) is 8.38. The minimum absolute atomic E-state index is 0.0366. The molecule has 3 aromatic rings. The predicted octanol–water partition coefficient (Wildman–Crippen LogP) is 2.39. The number of carbonyl (C=O) groups excluding carboxylic acids is 2. The summed E-state index contributed by atoms with van der Waals surface area (Å²) in [5.41, 5.74) is 1.85. The number of likely N-dealkylation sites (tertiary alicyclic amines) is 1. The average molecular weight is 397 g/mol. The third-order valence-electron chi connectivity index (χ3n) is 5.27. The van der Waals surface area contributed by atoms with Crippen LogP contribution in [0.3, 0.4) is 0 Å². The highest BCUT2D eigenvalue weighted by Crippen LogP contribution is 2.15. The first-order valence-corrected chi connectivity index (χ1v) is 9.81. The minimum atomic E-state index is -0.402. The number of hydrogen-bond acceptors (Lipinski definition) is 5. The zero-order valence-electron chi connectivity index (χ0n) is 16.0. The van der Waals surface area contributed by atoms with Gasteiger partial charge in [-0.1, -0.05) is 12.1 Å². The van der Waals surface area contributed by atoms with Gasteiger partial charge in [-0.25, -0.2) is 4.79 Å². The maximum Gasteiger partial charge on any atom is 0.419 e. The molecule has 4 rings (SSSR count). The number of nitrogens with one attached hydrogen (secondary N) is 1. The molecule has 1 N–H and O–H groups in total. The van der Waals surface area contributed by atoms with Crippen molar-refractivity contribution in [3.63, 3.8) is 0 Å². The Morgan fingerprint density at radius 2 is 1.93 bits per heavy atom. The third-order valence-corrected chi connectivity index (χ3v) is 5.27. The van der Waals surface area contributed by atoms with Gasteiger partial charge < -0.3 is 19.1 Å². The Bertz CT molecular complexity index is 1040. The summed E-state index contributed by atoms with van der Waals surface area (Å²) in [4.78, 5) is 38.3. The number of piperidine rings is 1. The summed E-state index contributed by atoms with van der Waals surface area (Å²) in [6, 6.07) is 8.97. The van der Waals surface area contributed by atoms with E-state index in [1.807, 2.05) is 18.2 Å². The number of nitrogens with zero attached hydrogens (tertiary/aromatic N) is 2. The number of aryl methyl sites for hydroxylation is 1. The smallest absolute Gasteiger partial charge is 0.419 e. The number of amides is 2. The number of benzene rings is 1. The van der Waals surface area contributed by atoms with Crippen molar-refractivity contribution < 1.29 is 18.4 Å². The first-order chi connectivity index (χ1) is 14.1. The lowest BCUT2D eigenvalue weighted by atomic mass is 10.0. The fraction of sp³-hybridized carbons (Fsp3) is 0.381. The van der Waals surface area contributed by atoms with Gasteiger partial charge in [0.25, 0.3) is 5.91 Å². The molecule has 2 aromatic heterocycles. The molecule has 0 unspecified atom stereocenters. The van der Waals surface area contributed by atoms with Crippen LogP contribution in [0.15, 0.2) is 56.5 Å². The fourth-order valence-corrected chi connectivity index (χ4v) is 3.72. The van der Waals surface area contributed by atoms with Gasteiger partial charge in [0.2, 0.25) is 5.91 Å². The summed E-state index contributed by atoms with van der Waals surface area (Å²) < 4.78 is 11.7. The van der Waals surface area contributed by atoms with Gasteiger partial charge in [0.05, 0.1) is 17.3 Å². The predicted molar refractivity (Wildman–Crippen MR) is 105 cm³/mol. The molecule has 1 aromatic carbocycles. The monoisotopic (exact) mass is 397 g/mol. The molecule has 29 heavy (non-hydrogen) atoms. The van der Waals surface area contributed by atoms with E-state index in [1.165, 1.54) is 12.5 Å². The van der Waals surface area contributed by atoms with Crippen molar-refractivity contribution in [3.05, 3.63) is 59.0 Å². The van der Waals surface area contributed by atoms with Gasteiger partial charge in [-0.3, -0.25) is 14.2 Å². The normalized spacial score (nSPS) is 15.0. The van der Waals surface area contributed by atoms with Crippen molar-refractivity contribution in [2.75, 3.05) is 13.1 Å². The molecule has 0 aliphatic carbocycles. The molecule has 8 heteroatoms. The van der Waals surface area contributed by atoms with Gasteiger partial charge in [-0.05, 0) is 37.5 Å². The number of rotatable bonds is 6. The molecule has 0 spiro atoms. The van der Waals surface area contributed by atoms with Crippen LogP contribution in [0.5, 0.6) is 0 Å². The van der Waals surface area contributed by atoms with E-state index < -0.39 is 5.76 Å². The standard InChI is InChI=1S/C21H23N3O5/c25-19(6-3-10-24-17-4-1-2-5-18(17)29-21(24)27)22-16-7-11-23(12-8-16)20(26)15-9-13-28-14-15/h1-2,4-5,9,13-14,16H,3,6-8,10-12H2,(H,22,25). The molecule has 2 amide bonds. The number of furan rings is 1. The van der Waals surface area contributed by atoms with Gasteiger partial charge in [0.15, 0.2) is 5.58 Å². The molecule has 3 heterocycles. The summed E-state index contributed by atoms with van der Waals surface area (Å²) in [5, 5.41) is 3.04. The molecular formula is C21H23N3O5. The van der Waals surface area contributed by atoms with Crippen LogP contribution in [0.4, 0.5) is 0 Å². The van der Waals surface area contributed by atoms with Crippen LogP contribution in [0.25, 0.3) is 11.1 Å². The summed E-state index contributed by atoms with van der Waals surface area (Å²) in [6.45, 7) is 1.64. The van der Waals surface area contributed by atoms with E-state index >= 15 is 0 Å². The number of oxazole rings is 1. The third kappa shape index (κ3) is 4.26. The lowest BCUT2D eigenvalue weighted by Gasteiger charge is -2.32. The highest BCUT2D eigenvalue weighted by molar-refractivity contribution is 5.93. The van der Waals surface area contributed by atoms with E-state index in [2.05, 4.69) is 5.32 Å². The summed E-state index contributed by atoms with van der Waals surface area (Å²) in [5.74, 6) is -0.479. The SMILES string of the molecule is O=C(CCCn1c(=O)oc2ccccc21)NC1CCN(C(=O)c2ccoc2)CC1. The molecule has 1 aliphatic heterocycles. The summed E-state index contributed by atoms with van der Waals surface area (Å²) in [7, 11) is 0. The van der Waals surface area contributed by atoms with E-state index in [4.69, 9.17) is 8.83 Å². The number of hydrogen-bond donors (Lipinski definition) is 1. The van der Waals surface area contributed by atoms with E-state index in [1.54, 1.807) is 21.6 Å². The van der Waals surface area contributed by atoms with E-state index in [0.717, 1.165) is 18.4 Å². The Kier molecular flexibility index (Phi) is 5.50. The van der Waals surface area contributed by atoms with Crippen molar-refractivity contribution in [2.45, 2.75) is 38.3 Å². The fourth-order valence-electron chi connectivity index (χ4n) is 3.72. The largest absolute Gasteiger partial charge is 0.472 e. The Hall–Kier alpha value is -3.29. The first kappa shape index (κ1) is 19.0. The molecule has 0 radical (unpaired) electrons. The Balaban J connectivity index is 1.22. The van der Waals surface area contributed by atoms with Crippen molar-refractivity contribution in [1.82, 2.24) is 14.8 Å². The van der Waals surface area contributed by atoms with Gasteiger partial charge in [0, 0.05) is 32.1 Å². The van der Waals surface area contributed by atoms with E-state index in [0.29, 0.717) is 43.6 Å². The van der Waals surface area contributed by atoms with Crippen molar-refractivity contribution in [2.24, 2.45) is 0 Å². The van der Waals surface area contributed by atoms with Crippen LogP contribution in [0.2, 0.25) is 0 Å². The Morgan fingerprint density at radius 3 is 2.69 bits per heavy atom. The van der Waals surface area contributed by atoms with Crippen molar-refractivity contribution in [3.8, 4) is 0 Å². The van der Waals surface area contributed by atoms with Crippen LogP contribution in [-0.4, -0.2) is 40.4 Å². The lowest BCUT2D eigenvalue weighted by molar-refractivity contribution is -0.122. The van der Waals surface area contributed by atoms with E-state index in [9.17, 15) is 14.4 Å². The van der Waals surface area contributed by atoms with Crippen LogP contribution in [-0.2, 0) is 11.3 Å². The van der Waals surface area contributed by atoms with E-state index in [-0.39, 0.29) is 17.9 Å². The van der Waals surface area contributed by atoms with Crippen molar-refractivity contribution >= 4 is 22.9 Å². The summed E-state index contributed by atoms with van der Waals surface area (Å²) >= 11 is 0. The number of aromatic nitrogens is 1. The molecule has 0 bridgehead atoms. The van der Waals surface area contributed by atoms with Crippen LogP contribution >= 0.6 is 0 Å². The first-order valence-electron chi connectivity index (χ1n) is 9.81. The second-order valence-electron chi connectivity index (χ2n) is 7.24. The Morgan fingerprint density at radius 1 is 1.14 bits per heavy atom. The van der Waals surface area contributed by atoms with Gasteiger partial charge in [0.1, 0.15) is 6.26 Å². The minimum Gasteiger partial charge on any atom is -0.472 e. The number of para-hydroxylation sites is 2. The summed E-state index contributed by atoms with van der Waals surface area (Å²) in [6.07, 6.45) is 5.26. The maximum absolute atomic E-state index is 12.3. The molecule has 152 valence electrons. The molecule has 0 saturated carbocycles. The highest BCUT2D eigenvalue weighted by atomic mass is 16.4. The van der Waals surface area contributed by atoms with Gasteiger partial charge >= 0.3 is 5.76 Å². The van der Waals surface area contributed by atoms with Crippen LogP contribution in [0.1, 0.15) is 36.0 Å².